The molecule has 0 radical (unpaired) electrons. The summed E-state index contributed by atoms with van der Waals surface area (Å²) in [5, 5.41) is 0.0889. The lowest BCUT2D eigenvalue weighted by Crippen LogP contribution is -2.30. The molecule has 0 aliphatic carbocycles. The molecule has 0 aliphatic rings. The minimum absolute atomic E-state index is 0.0889. The van der Waals surface area contributed by atoms with E-state index < -0.39 is 0 Å². The highest BCUT2D eigenvalue weighted by atomic mass is 32.1. The van der Waals surface area contributed by atoms with Crippen molar-refractivity contribution in [1.29, 1.82) is 0 Å². The highest BCUT2D eigenvalue weighted by molar-refractivity contribution is 7.81. The van der Waals surface area contributed by atoms with E-state index in [1.807, 2.05) is 12.2 Å². The van der Waals surface area contributed by atoms with Crippen molar-refractivity contribution >= 4 is 12.6 Å². The molecule has 0 saturated heterocycles. The summed E-state index contributed by atoms with van der Waals surface area (Å²) in [5.41, 5.74) is 0. The van der Waals surface area contributed by atoms with Gasteiger partial charge in [-0.05, 0) is 0 Å². The van der Waals surface area contributed by atoms with Gasteiger partial charge in [-0.3, -0.25) is 4.90 Å². The molecule has 1 atom stereocenters. The Morgan fingerprint density at radius 1 is 1.18 bits per heavy atom. The van der Waals surface area contributed by atoms with E-state index in [9.17, 15) is 0 Å². The Morgan fingerprint density at radius 3 is 1.91 bits per heavy atom. The molecule has 0 aliphatic heterocycles. The molecule has 0 rings (SSSR count). The van der Waals surface area contributed by atoms with Crippen LogP contribution in [0.1, 0.15) is 0 Å². The molecule has 0 bridgehead atoms. The molecule has 0 fully saturated rings. The molecule has 2 heteroatoms. The zero-order valence-corrected chi connectivity index (χ0v) is 7.63. The average molecular weight is 169 g/mol. The van der Waals surface area contributed by atoms with E-state index in [4.69, 9.17) is 0 Å². The van der Waals surface area contributed by atoms with Crippen molar-refractivity contribution in [3.63, 3.8) is 0 Å². The van der Waals surface area contributed by atoms with Gasteiger partial charge in [0.15, 0.2) is 0 Å². The molecule has 11 heavy (non-hydrogen) atoms. The largest absolute Gasteiger partial charge is 0.281 e. The third kappa shape index (κ3) is 4.06. The van der Waals surface area contributed by atoms with Crippen molar-refractivity contribution in [3.05, 3.63) is 38.0 Å². The standard InChI is InChI=1S/C9H15NS/c1-4-7-10(8-5-2)9(11)6-3/h4-6,9,11H,1-3,7-8H2. The fraction of sp³-hybridized carbons (Fsp3) is 0.333. The van der Waals surface area contributed by atoms with Crippen molar-refractivity contribution in [2.24, 2.45) is 0 Å². The average Bonchev–Trinajstić information content (AvgIpc) is 2.03. The lowest BCUT2D eigenvalue weighted by atomic mass is 10.4. The van der Waals surface area contributed by atoms with Crippen LogP contribution in [0.5, 0.6) is 0 Å². The Hall–Kier alpha value is -0.470. The van der Waals surface area contributed by atoms with Crippen molar-refractivity contribution < 1.29 is 0 Å². The van der Waals surface area contributed by atoms with Crippen LogP contribution in [0.15, 0.2) is 38.0 Å². The smallest absolute Gasteiger partial charge is 0.0717 e. The molecule has 62 valence electrons. The van der Waals surface area contributed by atoms with Gasteiger partial charge in [-0.25, -0.2) is 0 Å². The van der Waals surface area contributed by atoms with Crippen molar-refractivity contribution in [1.82, 2.24) is 4.90 Å². The predicted octanol–water partition coefficient (Wildman–Crippen LogP) is 2.10. The zero-order chi connectivity index (χ0) is 8.69. The van der Waals surface area contributed by atoms with E-state index >= 15 is 0 Å². The number of nitrogens with zero attached hydrogens (tertiary/aromatic N) is 1. The molecule has 0 aromatic heterocycles. The summed E-state index contributed by atoms with van der Waals surface area (Å²) in [6, 6.07) is 0. The first kappa shape index (κ1) is 10.5. The van der Waals surface area contributed by atoms with Crippen LogP contribution >= 0.6 is 12.6 Å². The second-order valence-corrected chi connectivity index (χ2v) is 2.71. The van der Waals surface area contributed by atoms with Gasteiger partial charge < -0.3 is 0 Å². The van der Waals surface area contributed by atoms with E-state index in [0.717, 1.165) is 13.1 Å². The maximum absolute atomic E-state index is 4.31. The Kier molecular flexibility index (Phi) is 5.99. The highest BCUT2D eigenvalue weighted by Crippen LogP contribution is 2.04. The van der Waals surface area contributed by atoms with Gasteiger partial charge in [0.05, 0.1) is 5.37 Å². The Bertz CT molecular complexity index is 132. The van der Waals surface area contributed by atoms with Crippen LogP contribution in [0.25, 0.3) is 0 Å². The maximum Gasteiger partial charge on any atom is 0.0717 e. The van der Waals surface area contributed by atoms with Crippen LogP contribution in [0.3, 0.4) is 0 Å². The van der Waals surface area contributed by atoms with E-state index in [2.05, 4.69) is 37.3 Å². The van der Waals surface area contributed by atoms with Gasteiger partial charge >= 0.3 is 0 Å². The third-order valence-electron chi connectivity index (χ3n) is 1.31. The van der Waals surface area contributed by atoms with Gasteiger partial charge in [-0.2, -0.15) is 12.6 Å². The molecule has 0 heterocycles. The summed E-state index contributed by atoms with van der Waals surface area (Å²) < 4.78 is 0. The normalized spacial score (nSPS) is 12.5. The highest BCUT2D eigenvalue weighted by Gasteiger charge is 2.06. The monoisotopic (exact) mass is 169 g/mol. The van der Waals surface area contributed by atoms with Crippen molar-refractivity contribution in [3.8, 4) is 0 Å². The topological polar surface area (TPSA) is 3.24 Å². The molecule has 0 aromatic carbocycles. The molecule has 0 aromatic rings. The van der Waals surface area contributed by atoms with Crippen molar-refractivity contribution in [2.45, 2.75) is 5.37 Å². The predicted molar refractivity (Wildman–Crippen MR) is 54.9 cm³/mol. The first-order chi connectivity index (χ1) is 5.26. The van der Waals surface area contributed by atoms with Crippen LogP contribution in [-0.2, 0) is 0 Å². The summed E-state index contributed by atoms with van der Waals surface area (Å²) in [6.45, 7) is 12.6. The van der Waals surface area contributed by atoms with Crippen LogP contribution in [0.4, 0.5) is 0 Å². The second-order valence-electron chi connectivity index (χ2n) is 2.18. The van der Waals surface area contributed by atoms with Gasteiger partial charge in [0, 0.05) is 13.1 Å². The second kappa shape index (κ2) is 6.25. The minimum Gasteiger partial charge on any atom is -0.281 e. The van der Waals surface area contributed by atoms with Gasteiger partial charge in [0.1, 0.15) is 0 Å². The van der Waals surface area contributed by atoms with Gasteiger partial charge in [-0.1, -0.05) is 18.2 Å². The summed E-state index contributed by atoms with van der Waals surface area (Å²) in [7, 11) is 0. The first-order valence-electron chi connectivity index (χ1n) is 3.52. The number of hydrogen-bond donors (Lipinski definition) is 1. The molecule has 1 nitrogen and oxygen atoms in total. The summed E-state index contributed by atoms with van der Waals surface area (Å²) in [5.74, 6) is 0. The molecule has 0 N–H and O–H groups in total. The maximum atomic E-state index is 4.31. The fourth-order valence-corrected chi connectivity index (χ4v) is 0.960. The van der Waals surface area contributed by atoms with E-state index in [1.54, 1.807) is 6.08 Å². The van der Waals surface area contributed by atoms with E-state index in [-0.39, 0.29) is 5.37 Å². The third-order valence-corrected chi connectivity index (χ3v) is 1.85. The summed E-state index contributed by atoms with van der Waals surface area (Å²) in [6.07, 6.45) is 5.47. The Balaban J connectivity index is 3.94. The molecular weight excluding hydrogens is 154 g/mol. The van der Waals surface area contributed by atoms with Gasteiger partial charge in [0.25, 0.3) is 0 Å². The number of thiol groups is 1. The zero-order valence-electron chi connectivity index (χ0n) is 6.74. The Morgan fingerprint density at radius 2 is 1.64 bits per heavy atom. The van der Waals surface area contributed by atoms with Crippen LogP contribution < -0.4 is 0 Å². The minimum atomic E-state index is 0.0889. The van der Waals surface area contributed by atoms with Crippen LogP contribution in [-0.4, -0.2) is 23.4 Å². The lowest BCUT2D eigenvalue weighted by molar-refractivity contribution is 0.351. The number of hydrogen-bond acceptors (Lipinski definition) is 2. The van der Waals surface area contributed by atoms with E-state index in [1.165, 1.54) is 0 Å². The Labute approximate surface area is 74.5 Å². The lowest BCUT2D eigenvalue weighted by Gasteiger charge is -2.22. The van der Waals surface area contributed by atoms with Gasteiger partial charge in [-0.15, -0.1) is 19.7 Å². The summed E-state index contributed by atoms with van der Waals surface area (Å²) in [4.78, 5) is 2.09. The molecular formula is C9H15NS. The van der Waals surface area contributed by atoms with Crippen LogP contribution in [0, 0.1) is 0 Å². The SMILES string of the molecule is C=CCN(CC=C)C(S)C=C. The van der Waals surface area contributed by atoms with Crippen molar-refractivity contribution in [2.75, 3.05) is 13.1 Å². The van der Waals surface area contributed by atoms with E-state index in [0.29, 0.717) is 0 Å². The van der Waals surface area contributed by atoms with Crippen LogP contribution in [0.2, 0.25) is 0 Å². The van der Waals surface area contributed by atoms with Gasteiger partial charge in [0.2, 0.25) is 0 Å². The first-order valence-corrected chi connectivity index (χ1v) is 4.04. The summed E-state index contributed by atoms with van der Waals surface area (Å²) >= 11 is 4.31. The fourth-order valence-electron chi connectivity index (χ4n) is 0.771. The quantitative estimate of drug-likeness (QED) is 0.362. The molecule has 1 unspecified atom stereocenters. The molecule has 0 amide bonds. The molecule has 0 saturated carbocycles. The number of rotatable bonds is 6. The molecule has 0 spiro atoms.